The van der Waals surface area contributed by atoms with Gasteiger partial charge in [0.05, 0.1) is 6.61 Å². The maximum Gasteiger partial charge on any atom is 0.509 e. The highest BCUT2D eigenvalue weighted by molar-refractivity contribution is 6.30. The molecule has 2 rings (SSSR count). The Kier molecular flexibility index (Phi) is 4.89. The van der Waals surface area contributed by atoms with E-state index in [1.165, 1.54) is 0 Å². The van der Waals surface area contributed by atoms with Gasteiger partial charge in [-0.25, -0.2) is 4.79 Å². The van der Waals surface area contributed by atoms with E-state index < -0.39 is 11.8 Å². The fourth-order valence-electron chi connectivity index (χ4n) is 2.51. The molecule has 0 saturated carbocycles. The first kappa shape index (κ1) is 15.1. The summed E-state index contributed by atoms with van der Waals surface area (Å²) in [5.74, 6) is 0. The van der Waals surface area contributed by atoms with Crippen LogP contribution in [0.25, 0.3) is 0 Å². The van der Waals surface area contributed by atoms with Crippen LogP contribution in [-0.4, -0.2) is 37.8 Å². The molecule has 0 aromatic heterocycles. The Hall–Kier alpha value is -1.26. The average Bonchev–Trinajstić information content (AvgIpc) is 2.42. The number of ether oxygens (including phenoxy) is 2. The van der Waals surface area contributed by atoms with Crippen molar-refractivity contribution in [2.45, 2.75) is 25.4 Å². The van der Waals surface area contributed by atoms with Gasteiger partial charge >= 0.3 is 6.16 Å². The minimum absolute atomic E-state index is 0.310. The third-order valence-corrected chi connectivity index (χ3v) is 3.92. The van der Waals surface area contributed by atoms with Crippen molar-refractivity contribution in [1.82, 2.24) is 4.90 Å². The first-order chi connectivity index (χ1) is 9.55. The summed E-state index contributed by atoms with van der Waals surface area (Å²) in [5, 5.41) is 0.647. The number of carbonyl (C=O) groups is 1. The minimum Gasteiger partial charge on any atom is -0.435 e. The van der Waals surface area contributed by atoms with E-state index in [9.17, 15) is 4.79 Å². The molecule has 5 heteroatoms. The zero-order chi connectivity index (χ0) is 14.6. The molecule has 1 aliphatic rings. The lowest BCUT2D eigenvalue weighted by atomic mass is 9.84. The molecule has 0 amide bonds. The van der Waals surface area contributed by atoms with E-state index in [4.69, 9.17) is 21.1 Å². The minimum atomic E-state index is -0.635. The van der Waals surface area contributed by atoms with Crippen molar-refractivity contribution in [1.29, 1.82) is 0 Å². The molecule has 0 aliphatic carbocycles. The Labute approximate surface area is 124 Å². The standard InChI is InChI=1S/C15H20ClNO3/c1-3-19-14(18)20-15(7-9-17(2)10-8-15)12-5-4-6-13(16)11-12/h4-6,11H,3,7-10H2,1-2H3. The average molecular weight is 298 g/mol. The van der Waals surface area contributed by atoms with Crippen LogP contribution in [-0.2, 0) is 15.1 Å². The van der Waals surface area contributed by atoms with Crippen LogP contribution < -0.4 is 0 Å². The number of halogens is 1. The fraction of sp³-hybridized carbons (Fsp3) is 0.533. The largest absolute Gasteiger partial charge is 0.509 e. The van der Waals surface area contributed by atoms with Crippen LogP contribution in [0.5, 0.6) is 0 Å². The highest BCUT2D eigenvalue weighted by Gasteiger charge is 2.39. The number of rotatable bonds is 3. The number of hydrogen-bond donors (Lipinski definition) is 0. The van der Waals surface area contributed by atoms with Crippen molar-refractivity contribution in [3.63, 3.8) is 0 Å². The van der Waals surface area contributed by atoms with E-state index in [1.807, 2.05) is 24.3 Å². The van der Waals surface area contributed by atoms with Gasteiger partial charge in [0.1, 0.15) is 5.60 Å². The zero-order valence-corrected chi connectivity index (χ0v) is 12.7. The lowest BCUT2D eigenvalue weighted by Gasteiger charge is -2.40. The van der Waals surface area contributed by atoms with Crippen LogP contribution in [0.3, 0.4) is 0 Å². The monoisotopic (exact) mass is 297 g/mol. The summed E-state index contributed by atoms with van der Waals surface area (Å²) < 4.78 is 10.6. The first-order valence-electron chi connectivity index (χ1n) is 6.86. The second kappa shape index (κ2) is 6.46. The van der Waals surface area contributed by atoms with Crippen LogP contribution in [0.2, 0.25) is 5.02 Å². The summed E-state index contributed by atoms with van der Waals surface area (Å²) in [7, 11) is 2.06. The third-order valence-electron chi connectivity index (χ3n) is 3.69. The number of likely N-dealkylation sites (tertiary alicyclic amines) is 1. The molecule has 0 radical (unpaired) electrons. The van der Waals surface area contributed by atoms with Crippen LogP contribution in [0.15, 0.2) is 24.3 Å². The van der Waals surface area contributed by atoms with Crippen molar-refractivity contribution in [3.8, 4) is 0 Å². The van der Waals surface area contributed by atoms with Gasteiger partial charge in [0.2, 0.25) is 0 Å². The number of nitrogens with zero attached hydrogens (tertiary/aromatic N) is 1. The fourth-order valence-corrected chi connectivity index (χ4v) is 2.70. The van der Waals surface area contributed by atoms with Gasteiger partial charge in [-0.3, -0.25) is 0 Å². The SMILES string of the molecule is CCOC(=O)OC1(c2cccc(Cl)c2)CCN(C)CC1. The topological polar surface area (TPSA) is 38.8 Å². The molecule has 1 aromatic carbocycles. The molecule has 0 spiro atoms. The number of hydrogen-bond acceptors (Lipinski definition) is 4. The van der Waals surface area contributed by atoms with Crippen molar-refractivity contribution in [3.05, 3.63) is 34.9 Å². The lowest BCUT2D eigenvalue weighted by Crippen LogP contribution is -2.44. The van der Waals surface area contributed by atoms with Gasteiger partial charge < -0.3 is 14.4 Å². The highest BCUT2D eigenvalue weighted by atomic mass is 35.5. The predicted octanol–water partition coefficient (Wildman–Crippen LogP) is 3.43. The predicted molar refractivity (Wildman–Crippen MR) is 78.0 cm³/mol. The molecule has 1 heterocycles. The van der Waals surface area contributed by atoms with Gasteiger partial charge in [-0.05, 0) is 31.7 Å². The van der Waals surface area contributed by atoms with Gasteiger partial charge in [-0.1, -0.05) is 23.7 Å². The van der Waals surface area contributed by atoms with Crippen LogP contribution >= 0.6 is 11.6 Å². The molecule has 1 saturated heterocycles. The van der Waals surface area contributed by atoms with Crippen LogP contribution in [0, 0.1) is 0 Å². The summed E-state index contributed by atoms with van der Waals surface area (Å²) >= 11 is 6.07. The van der Waals surface area contributed by atoms with Gasteiger partial charge in [0.15, 0.2) is 0 Å². The Morgan fingerprint density at radius 1 is 1.40 bits per heavy atom. The normalized spacial score (nSPS) is 18.6. The summed E-state index contributed by atoms with van der Waals surface area (Å²) in [6.45, 7) is 3.81. The number of carbonyl (C=O) groups excluding carboxylic acids is 1. The maximum atomic E-state index is 11.8. The maximum absolute atomic E-state index is 11.8. The van der Waals surface area contributed by atoms with Crippen LogP contribution in [0.4, 0.5) is 4.79 Å². The van der Waals surface area contributed by atoms with E-state index in [0.29, 0.717) is 11.6 Å². The summed E-state index contributed by atoms with van der Waals surface area (Å²) in [5.41, 5.74) is 0.301. The molecule has 4 nitrogen and oxygen atoms in total. The van der Waals surface area contributed by atoms with Gasteiger partial charge in [0.25, 0.3) is 0 Å². The van der Waals surface area contributed by atoms with Crippen LogP contribution in [0.1, 0.15) is 25.3 Å². The summed E-state index contributed by atoms with van der Waals surface area (Å²) in [6.07, 6.45) is 0.864. The second-order valence-electron chi connectivity index (χ2n) is 5.09. The molecule has 20 heavy (non-hydrogen) atoms. The molecule has 1 aromatic rings. The van der Waals surface area contributed by atoms with E-state index >= 15 is 0 Å². The van der Waals surface area contributed by atoms with Crippen molar-refractivity contribution < 1.29 is 14.3 Å². The van der Waals surface area contributed by atoms with E-state index in [2.05, 4.69) is 11.9 Å². The molecule has 0 N–H and O–H groups in total. The zero-order valence-electron chi connectivity index (χ0n) is 11.9. The quantitative estimate of drug-likeness (QED) is 0.801. The van der Waals surface area contributed by atoms with E-state index in [1.54, 1.807) is 6.92 Å². The molecule has 1 aliphatic heterocycles. The highest BCUT2D eigenvalue weighted by Crippen LogP contribution is 2.37. The molecular weight excluding hydrogens is 278 g/mol. The summed E-state index contributed by atoms with van der Waals surface area (Å²) in [4.78, 5) is 14.0. The third kappa shape index (κ3) is 3.44. The summed E-state index contributed by atoms with van der Waals surface area (Å²) in [6, 6.07) is 7.52. The van der Waals surface area contributed by atoms with E-state index in [0.717, 1.165) is 31.5 Å². The van der Waals surface area contributed by atoms with Gasteiger partial charge in [-0.2, -0.15) is 0 Å². The lowest BCUT2D eigenvalue weighted by molar-refractivity contribution is -0.0680. The molecule has 0 atom stereocenters. The van der Waals surface area contributed by atoms with Gasteiger partial charge in [0, 0.05) is 31.0 Å². The Morgan fingerprint density at radius 2 is 2.10 bits per heavy atom. The van der Waals surface area contributed by atoms with Crippen molar-refractivity contribution in [2.24, 2.45) is 0 Å². The number of benzene rings is 1. The molecule has 1 fully saturated rings. The Bertz CT molecular complexity index is 470. The molecular formula is C15H20ClNO3. The molecule has 110 valence electrons. The Balaban J connectivity index is 2.26. The smallest absolute Gasteiger partial charge is 0.435 e. The van der Waals surface area contributed by atoms with Crippen molar-refractivity contribution in [2.75, 3.05) is 26.7 Å². The van der Waals surface area contributed by atoms with Crippen molar-refractivity contribution >= 4 is 17.8 Å². The first-order valence-corrected chi connectivity index (χ1v) is 7.24. The van der Waals surface area contributed by atoms with Gasteiger partial charge in [-0.15, -0.1) is 0 Å². The number of piperidine rings is 1. The Morgan fingerprint density at radius 3 is 2.70 bits per heavy atom. The molecule has 0 bridgehead atoms. The van der Waals surface area contributed by atoms with E-state index in [-0.39, 0.29) is 0 Å². The molecule has 0 unspecified atom stereocenters. The second-order valence-corrected chi connectivity index (χ2v) is 5.53.